The molecule has 0 atom stereocenters. The summed E-state index contributed by atoms with van der Waals surface area (Å²) in [5.74, 6) is 1.35. The van der Waals surface area contributed by atoms with Crippen LogP contribution in [0.1, 0.15) is 19.6 Å². The van der Waals surface area contributed by atoms with Crippen molar-refractivity contribution in [2.75, 3.05) is 11.1 Å². The largest absolute Gasteiger partial charge is 0.457 e. The van der Waals surface area contributed by atoms with E-state index in [4.69, 9.17) is 4.42 Å². The lowest BCUT2D eigenvalue weighted by molar-refractivity contribution is -0.384. The lowest BCUT2D eigenvalue weighted by atomic mass is 10.1. The number of amides is 1. The van der Waals surface area contributed by atoms with Crippen LogP contribution in [0.3, 0.4) is 0 Å². The highest BCUT2D eigenvalue weighted by Gasteiger charge is 2.15. The maximum atomic E-state index is 12.4. The predicted octanol–water partition coefficient (Wildman–Crippen LogP) is 5.00. The van der Waals surface area contributed by atoms with Crippen molar-refractivity contribution in [3.05, 3.63) is 57.8 Å². The summed E-state index contributed by atoms with van der Waals surface area (Å²) >= 11 is 2.54. The normalized spacial score (nSPS) is 11.4. The average molecular weight is 456 g/mol. The molecule has 0 aliphatic rings. The van der Waals surface area contributed by atoms with Crippen LogP contribution in [0.5, 0.6) is 0 Å². The van der Waals surface area contributed by atoms with Crippen LogP contribution >= 0.6 is 23.3 Å². The number of hydrogen-bond donors (Lipinski definition) is 1. The fraction of sp³-hybridized carbons (Fsp3) is 0.200. The van der Waals surface area contributed by atoms with Crippen LogP contribution < -0.4 is 5.32 Å². The highest BCUT2D eigenvalue weighted by Crippen LogP contribution is 2.27. The Balaban J connectivity index is 1.72. The fourth-order valence-corrected chi connectivity index (χ4v) is 3.86. The van der Waals surface area contributed by atoms with Gasteiger partial charge in [0.25, 0.3) is 11.6 Å². The number of anilines is 1. The van der Waals surface area contributed by atoms with Crippen molar-refractivity contribution in [3.8, 4) is 17.4 Å². The second kappa shape index (κ2) is 10.0. The molecule has 0 bridgehead atoms. The van der Waals surface area contributed by atoms with Gasteiger partial charge < -0.3 is 4.42 Å². The van der Waals surface area contributed by atoms with E-state index in [0.717, 1.165) is 17.3 Å². The van der Waals surface area contributed by atoms with Crippen molar-refractivity contribution in [3.63, 3.8) is 0 Å². The molecule has 2 aromatic heterocycles. The summed E-state index contributed by atoms with van der Waals surface area (Å²) in [6.07, 6.45) is 1.30. The molecule has 1 N–H and O–H groups in total. The molecule has 0 saturated carbocycles. The summed E-state index contributed by atoms with van der Waals surface area (Å²) in [6, 6.07) is 11.0. The highest BCUT2D eigenvalue weighted by molar-refractivity contribution is 7.99. The predicted molar refractivity (Wildman–Crippen MR) is 118 cm³/mol. The number of rotatable bonds is 8. The Labute approximate surface area is 186 Å². The van der Waals surface area contributed by atoms with E-state index >= 15 is 0 Å². The zero-order valence-corrected chi connectivity index (χ0v) is 18.2. The molecule has 0 aliphatic heterocycles. The van der Waals surface area contributed by atoms with Crippen molar-refractivity contribution < 1.29 is 14.1 Å². The number of non-ortho nitro benzene ring substituents is 1. The van der Waals surface area contributed by atoms with Gasteiger partial charge in [0.2, 0.25) is 10.3 Å². The summed E-state index contributed by atoms with van der Waals surface area (Å²) in [6.45, 7) is 4.18. The van der Waals surface area contributed by atoms with Gasteiger partial charge in [0, 0.05) is 41.1 Å². The average Bonchev–Trinajstić information content (AvgIpc) is 3.40. The van der Waals surface area contributed by atoms with E-state index in [2.05, 4.69) is 28.5 Å². The molecule has 0 spiro atoms. The number of carbonyl (C=O) groups is 1. The van der Waals surface area contributed by atoms with Crippen molar-refractivity contribution in [2.24, 2.45) is 5.92 Å². The minimum absolute atomic E-state index is 0.0638. The molecule has 0 radical (unpaired) electrons. The highest BCUT2D eigenvalue weighted by atomic mass is 32.2. The molecule has 1 amide bonds. The maximum absolute atomic E-state index is 12.4. The SMILES string of the molecule is CC(C)CSc1nsc(NC(=O)/C(C#N)=C\c2ccc(-c3cccc([N+](=O)[O-])c3)o2)n1. The summed E-state index contributed by atoms with van der Waals surface area (Å²) in [4.78, 5) is 27.1. The van der Waals surface area contributed by atoms with Gasteiger partial charge >= 0.3 is 0 Å². The maximum Gasteiger partial charge on any atom is 0.270 e. The quantitative estimate of drug-likeness (QED) is 0.165. The van der Waals surface area contributed by atoms with Gasteiger partial charge in [-0.2, -0.15) is 14.6 Å². The minimum Gasteiger partial charge on any atom is -0.457 e. The summed E-state index contributed by atoms with van der Waals surface area (Å²) in [7, 11) is 0. The Morgan fingerprint density at radius 1 is 1.42 bits per heavy atom. The van der Waals surface area contributed by atoms with E-state index in [1.165, 1.54) is 30.0 Å². The minimum atomic E-state index is -0.632. The van der Waals surface area contributed by atoms with Crippen LogP contribution in [0.15, 0.2) is 51.5 Å². The second-order valence-corrected chi connectivity index (χ2v) is 8.46. The smallest absolute Gasteiger partial charge is 0.270 e. The van der Waals surface area contributed by atoms with E-state index in [1.54, 1.807) is 24.3 Å². The Morgan fingerprint density at radius 2 is 2.23 bits per heavy atom. The Morgan fingerprint density at radius 3 is 2.94 bits per heavy atom. The monoisotopic (exact) mass is 455 g/mol. The number of nitro groups is 1. The number of furan rings is 1. The molecule has 9 nitrogen and oxygen atoms in total. The van der Waals surface area contributed by atoms with Gasteiger partial charge in [-0.3, -0.25) is 20.2 Å². The van der Waals surface area contributed by atoms with Crippen LogP contribution in [0.4, 0.5) is 10.8 Å². The number of nitro benzene ring substituents is 1. The molecule has 3 rings (SSSR count). The van der Waals surface area contributed by atoms with Crippen molar-refractivity contribution in [2.45, 2.75) is 19.0 Å². The number of carbonyl (C=O) groups excluding carboxylic acids is 1. The van der Waals surface area contributed by atoms with Gasteiger partial charge in [-0.1, -0.05) is 37.7 Å². The first-order chi connectivity index (χ1) is 14.9. The van der Waals surface area contributed by atoms with Crippen molar-refractivity contribution >= 4 is 46.1 Å². The number of thioether (sulfide) groups is 1. The molecule has 31 heavy (non-hydrogen) atoms. The first kappa shape index (κ1) is 22.2. The van der Waals surface area contributed by atoms with E-state index < -0.39 is 10.8 Å². The second-order valence-electron chi connectivity index (χ2n) is 6.72. The van der Waals surface area contributed by atoms with Crippen LogP contribution in [0.25, 0.3) is 17.4 Å². The molecule has 3 aromatic rings. The van der Waals surface area contributed by atoms with Crippen LogP contribution in [0.2, 0.25) is 0 Å². The zero-order chi connectivity index (χ0) is 22.4. The van der Waals surface area contributed by atoms with Gasteiger partial charge in [0.1, 0.15) is 23.2 Å². The van der Waals surface area contributed by atoms with E-state index in [9.17, 15) is 20.2 Å². The molecular formula is C20H17N5O4S2. The molecule has 2 heterocycles. The molecular weight excluding hydrogens is 438 g/mol. The summed E-state index contributed by atoms with van der Waals surface area (Å²) in [5.41, 5.74) is 0.273. The third-order valence-electron chi connectivity index (χ3n) is 3.79. The van der Waals surface area contributed by atoms with E-state index in [-0.39, 0.29) is 17.0 Å². The fourth-order valence-electron chi connectivity index (χ4n) is 2.37. The topological polar surface area (TPSA) is 135 Å². The van der Waals surface area contributed by atoms with Gasteiger partial charge in [0.05, 0.1) is 4.92 Å². The first-order valence-electron chi connectivity index (χ1n) is 9.10. The van der Waals surface area contributed by atoms with Gasteiger partial charge in [-0.25, -0.2) is 0 Å². The number of nitrogens with zero attached hydrogens (tertiary/aromatic N) is 4. The van der Waals surface area contributed by atoms with Gasteiger partial charge in [0.15, 0.2) is 0 Å². The van der Waals surface area contributed by atoms with Gasteiger partial charge in [-0.15, -0.1) is 0 Å². The molecule has 0 unspecified atom stereocenters. The van der Waals surface area contributed by atoms with E-state index in [0.29, 0.717) is 27.5 Å². The van der Waals surface area contributed by atoms with Gasteiger partial charge in [-0.05, 0) is 18.1 Å². The number of aromatic nitrogens is 2. The summed E-state index contributed by atoms with van der Waals surface area (Å²) < 4.78 is 9.81. The number of benzene rings is 1. The third-order valence-corrected chi connectivity index (χ3v) is 5.81. The lowest BCUT2D eigenvalue weighted by Crippen LogP contribution is -2.13. The van der Waals surface area contributed by atoms with Crippen molar-refractivity contribution in [1.82, 2.24) is 9.36 Å². The zero-order valence-electron chi connectivity index (χ0n) is 16.6. The Kier molecular flexibility index (Phi) is 7.17. The Hall–Kier alpha value is -3.49. The van der Waals surface area contributed by atoms with Crippen molar-refractivity contribution in [1.29, 1.82) is 5.26 Å². The van der Waals surface area contributed by atoms with Crippen LogP contribution in [0, 0.1) is 27.4 Å². The lowest BCUT2D eigenvalue weighted by Gasteiger charge is -2.00. The number of hydrogen-bond acceptors (Lipinski definition) is 9. The number of nitrogens with one attached hydrogen (secondary N) is 1. The number of nitriles is 1. The molecule has 0 aliphatic carbocycles. The van der Waals surface area contributed by atoms with Crippen LogP contribution in [-0.4, -0.2) is 25.9 Å². The standard InChI is InChI=1S/C20H17N5O4S2/c1-12(2)11-30-20-23-19(31-24-20)22-18(26)14(10-21)9-16-6-7-17(29-16)13-4-3-5-15(8-13)25(27)28/h3-9,12H,11H2,1-2H3,(H,22,23,24,26)/b14-9-. The molecule has 0 fully saturated rings. The molecule has 158 valence electrons. The first-order valence-corrected chi connectivity index (χ1v) is 10.9. The summed E-state index contributed by atoms with van der Waals surface area (Å²) in [5, 5.41) is 23.8. The van der Waals surface area contributed by atoms with E-state index in [1.807, 2.05) is 6.07 Å². The van der Waals surface area contributed by atoms with Crippen LogP contribution in [-0.2, 0) is 4.79 Å². The molecule has 0 saturated heterocycles. The molecule has 1 aromatic carbocycles. The third kappa shape index (κ3) is 6.00. The molecule has 11 heteroatoms. The Bertz CT molecular complexity index is 1180.